The Balaban J connectivity index is 1.21. The van der Waals surface area contributed by atoms with Crippen molar-refractivity contribution in [2.75, 3.05) is 6.61 Å². The van der Waals surface area contributed by atoms with Gasteiger partial charge in [0.15, 0.2) is 0 Å². The van der Waals surface area contributed by atoms with Crippen molar-refractivity contribution in [3.05, 3.63) is 47.2 Å². The lowest BCUT2D eigenvalue weighted by Crippen LogP contribution is -2.30. The molecule has 1 amide bonds. The molecule has 0 radical (unpaired) electrons. The summed E-state index contributed by atoms with van der Waals surface area (Å²) in [5.74, 6) is 3.31. The van der Waals surface area contributed by atoms with Crippen molar-refractivity contribution < 1.29 is 18.7 Å². The number of nitrogens with zero attached hydrogens (tertiary/aromatic N) is 1. The second-order valence-electron chi connectivity index (χ2n) is 8.03. The van der Waals surface area contributed by atoms with Gasteiger partial charge in [-0.15, -0.1) is 11.8 Å². The minimum absolute atomic E-state index is 0.121. The first-order chi connectivity index (χ1) is 15.1. The molecule has 2 aromatic rings. The summed E-state index contributed by atoms with van der Waals surface area (Å²) in [5.41, 5.74) is 1.95. The highest BCUT2D eigenvalue weighted by Gasteiger charge is 2.31. The third kappa shape index (κ3) is 6.29. The van der Waals surface area contributed by atoms with Crippen molar-refractivity contribution in [1.29, 1.82) is 0 Å². The minimum atomic E-state index is -0.440. The molecule has 166 valence electrons. The van der Waals surface area contributed by atoms with Crippen molar-refractivity contribution >= 4 is 33.9 Å². The van der Waals surface area contributed by atoms with Crippen LogP contribution in [-0.4, -0.2) is 33.2 Å². The molecule has 2 fully saturated rings. The molecule has 8 heteroatoms. The molecular formula is C23H28N2O4S2. The lowest BCUT2D eigenvalue weighted by Gasteiger charge is -2.20. The molecule has 0 spiro atoms. The highest BCUT2D eigenvalue weighted by molar-refractivity contribution is 8.26. The van der Waals surface area contributed by atoms with Crippen LogP contribution in [0.3, 0.4) is 0 Å². The molecule has 1 unspecified atom stereocenters. The molecule has 2 aliphatic rings. The van der Waals surface area contributed by atoms with Gasteiger partial charge in [-0.2, -0.15) is 0 Å². The lowest BCUT2D eigenvalue weighted by molar-refractivity contribution is -0.112. The molecule has 1 aliphatic carbocycles. The van der Waals surface area contributed by atoms with Gasteiger partial charge in [-0.1, -0.05) is 31.4 Å². The number of oxazole rings is 1. The van der Waals surface area contributed by atoms with Gasteiger partial charge in [0, 0.05) is 29.9 Å². The number of thioether (sulfide) groups is 2. The van der Waals surface area contributed by atoms with E-state index in [4.69, 9.17) is 9.15 Å². The zero-order chi connectivity index (χ0) is 21.6. The maximum absolute atomic E-state index is 11.7. The van der Waals surface area contributed by atoms with E-state index in [1.165, 1.54) is 32.1 Å². The van der Waals surface area contributed by atoms with E-state index in [0.717, 1.165) is 51.4 Å². The Bertz CT molecular complexity index is 907. The van der Waals surface area contributed by atoms with Gasteiger partial charge in [0.05, 0.1) is 18.1 Å². The van der Waals surface area contributed by atoms with Gasteiger partial charge >= 0.3 is 0 Å². The Hall–Kier alpha value is -1.93. The number of rotatable bonds is 9. The number of carbonyl (C=O) groups excluding carboxylic acids is 2. The van der Waals surface area contributed by atoms with Crippen molar-refractivity contribution in [2.45, 2.75) is 68.9 Å². The zero-order valence-corrected chi connectivity index (χ0v) is 19.4. The summed E-state index contributed by atoms with van der Waals surface area (Å²) in [6.07, 6.45) is 7.89. The number of amides is 1. The topological polar surface area (TPSA) is 81.4 Å². The van der Waals surface area contributed by atoms with Crippen LogP contribution in [0.2, 0.25) is 0 Å². The van der Waals surface area contributed by atoms with Gasteiger partial charge in [0.1, 0.15) is 17.6 Å². The maximum Gasteiger partial charge on any atom is 0.287 e. The van der Waals surface area contributed by atoms with E-state index in [1.807, 2.05) is 43.0 Å². The van der Waals surface area contributed by atoms with E-state index in [-0.39, 0.29) is 10.4 Å². The second kappa shape index (κ2) is 10.6. The summed E-state index contributed by atoms with van der Waals surface area (Å²) in [4.78, 5) is 27.7. The summed E-state index contributed by atoms with van der Waals surface area (Å²) >= 11 is 2.72. The Morgan fingerprint density at radius 2 is 1.97 bits per heavy atom. The lowest BCUT2D eigenvalue weighted by atomic mass is 10.0. The van der Waals surface area contributed by atoms with E-state index in [9.17, 15) is 9.59 Å². The van der Waals surface area contributed by atoms with Crippen LogP contribution >= 0.6 is 23.5 Å². The van der Waals surface area contributed by atoms with Crippen LogP contribution in [0.1, 0.15) is 55.0 Å². The fourth-order valence-corrected chi connectivity index (χ4v) is 5.79. The molecule has 1 saturated heterocycles. The van der Waals surface area contributed by atoms with Gasteiger partial charge in [-0.25, -0.2) is 4.98 Å². The molecule has 1 aromatic heterocycles. The molecule has 1 saturated carbocycles. The number of hydrogen-bond donors (Lipinski definition) is 1. The molecule has 0 bridgehead atoms. The average molecular weight is 461 g/mol. The summed E-state index contributed by atoms with van der Waals surface area (Å²) < 4.78 is 11.7. The first-order valence-corrected chi connectivity index (χ1v) is 12.7. The minimum Gasteiger partial charge on any atom is -0.493 e. The number of nitrogens with one attached hydrogen (secondary N) is 1. The summed E-state index contributed by atoms with van der Waals surface area (Å²) in [6.45, 7) is 2.49. The number of ether oxygens (including phenoxy) is 1. The molecule has 1 aliphatic heterocycles. The van der Waals surface area contributed by atoms with Crippen LogP contribution in [0.25, 0.3) is 0 Å². The third-order valence-corrected chi connectivity index (χ3v) is 7.82. The fraction of sp³-hybridized carbons (Fsp3) is 0.522. The largest absolute Gasteiger partial charge is 0.493 e. The standard InChI is InChI=1S/C23H28N2O4S2/c1-15-19(24-21(29-15)14-30-18-5-3-2-4-6-18)11-12-28-17-9-7-16(8-10-17)13-20-22(26)31-23(27)25-20/h7-10,18,20H,2-6,11-14H2,1H3,(H,25,27). The number of carbonyl (C=O) groups is 2. The van der Waals surface area contributed by atoms with Crippen LogP contribution in [0.4, 0.5) is 4.79 Å². The molecule has 1 aromatic carbocycles. The Kier molecular flexibility index (Phi) is 7.61. The Morgan fingerprint density at radius 3 is 2.68 bits per heavy atom. The van der Waals surface area contributed by atoms with Crippen molar-refractivity contribution in [1.82, 2.24) is 10.3 Å². The van der Waals surface area contributed by atoms with Crippen LogP contribution in [-0.2, 0) is 23.4 Å². The number of hydrogen-bond acceptors (Lipinski definition) is 7. The van der Waals surface area contributed by atoms with Crippen LogP contribution in [0.5, 0.6) is 5.75 Å². The van der Waals surface area contributed by atoms with E-state index >= 15 is 0 Å². The van der Waals surface area contributed by atoms with Gasteiger partial charge < -0.3 is 14.5 Å². The summed E-state index contributed by atoms with van der Waals surface area (Å²) in [5, 5.41) is 3.04. The number of benzene rings is 1. The van der Waals surface area contributed by atoms with Crippen LogP contribution < -0.4 is 10.1 Å². The second-order valence-corrected chi connectivity index (χ2v) is 10.3. The highest BCUT2D eigenvalue weighted by Crippen LogP contribution is 2.30. The fourth-order valence-electron chi connectivity index (χ4n) is 3.95. The Labute approximate surface area is 191 Å². The van der Waals surface area contributed by atoms with E-state index in [0.29, 0.717) is 19.4 Å². The van der Waals surface area contributed by atoms with Gasteiger partial charge in [0.25, 0.3) is 5.24 Å². The van der Waals surface area contributed by atoms with E-state index in [2.05, 4.69) is 10.3 Å². The molecule has 31 heavy (non-hydrogen) atoms. The molecule has 1 N–H and O–H groups in total. The Morgan fingerprint density at radius 1 is 1.19 bits per heavy atom. The van der Waals surface area contributed by atoms with Crippen LogP contribution in [0, 0.1) is 6.92 Å². The first kappa shape index (κ1) is 22.3. The molecule has 1 atom stereocenters. The van der Waals surface area contributed by atoms with Gasteiger partial charge in [0.2, 0.25) is 11.0 Å². The quantitative estimate of drug-likeness (QED) is 0.560. The first-order valence-electron chi connectivity index (χ1n) is 10.9. The maximum atomic E-state index is 11.7. The smallest absolute Gasteiger partial charge is 0.287 e. The molecule has 2 heterocycles. The van der Waals surface area contributed by atoms with Gasteiger partial charge in [-0.3, -0.25) is 9.59 Å². The van der Waals surface area contributed by atoms with Crippen molar-refractivity contribution in [3.8, 4) is 5.75 Å². The predicted octanol–water partition coefficient (Wildman–Crippen LogP) is 5.06. The van der Waals surface area contributed by atoms with Crippen molar-refractivity contribution in [3.63, 3.8) is 0 Å². The molecular weight excluding hydrogens is 432 g/mol. The van der Waals surface area contributed by atoms with E-state index < -0.39 is 6.04 Å². The SMILES string of the molecule is Cc1oc(CSC2CCCCC2)nc1CCOc1ccc(CC2NC(=O)SC2=O)cc1. The molecule has 6 nitrogen and oxygen atoms in total. The third-order valence-electron chi connectivity index (χ3n) is 5.67. The highest BCUT2D eigenvalue weighted by atomic mass is 32.2. The number of aromatic nitrogens is 1. The van der Waals surface area contributed by atoms with Gasteiger partial charge in [-0.05, 0) is 37.5 Å². The number of aryl methyl sites for hydroxylation is 1. The summed E-state index contributed by atoms with van der Waals surface area (Å²) in [7, 11) is 0. The summed E-state index contributed by atoms with van der Waals surface area (Å²) in [6, 6.07) is 7.21. The van der Waals surface area contributed by atoms with Crippen molar-refractivity contribution in [2.24, 2.45) is 0 Å². The van der Waals surface area contributed by atoms with Crippen LogP contribution in [0.15, 0.2) is 28.7 Å². The average Bonchev–Trinajstić information content (AvgIpc) is 3.29. The molecule has 4 rings (SSSR count). The normalized spacial score (nSPS) is 19.6. The monoisotopic (exact) mass is 460 g/mol. The zero-order valence-electron chi connectivity index (χ0n) is 17.7. The van der Waals surface area contributed by atoms with E-state index in [1.54, 1.807) is 0 Å². The predicted molar refractivity (Wildman–Crippen MR) is 124 cm³/mol.